The number of nitrogens with zero attached hydrogens (tertiary/aromatic N) is 1. The highest BCUT2D eigenvalue weighted by molar-refractivity contribution is 7.89. The second-order valence-corrected chi connectivity index (χ2v) is 8.22. The molecule has 0 unspecified atom stereocenters. The molecule has 146 valence electrons. The Bertz CT molecular complexity index is 1040. The van der Waals surface area contributed by atoms with Gasteiger partial charge in [-0.2, -0.15) is 5.10 Å². The molecule has 2 aromatic carbocycles. The van der Waals surface area contributed by atoms with Crippen LogP contribution in [0.3, 0.4) is 0 Å². The average Bonchev–Trinajstić information content (AvgIpc) is 3.49. The molecule has 0 atom stereocenters. The third-order valence-corrected chi connectivity index (χ3v) is 5.76. The number of hydrazone groups is 1. The van der Waals surface area contributed by atoms with Gasteiger partial charge in [0.25, 0.3) is 0 Å². The van der Waals surface area contributed by atoms with Crippen LogP contribution in [0.15, 0.2) is 59.0 Å². The van der Waals surface area contributed by atoms with Crippen LogP contribution in [0.5, 0.6) is 0 Å². The molecule has 1 aliphatic rings. The van der Waals surface area contributed by atoms with E-state index in [4.69, 9.17) is 0 Å². The molecule has 0 spiro atoms. The zero-order valence-electron chi connectivity index (χ0n) is 15.3. The van der Waals surface area contributed by atoms with Gasteiger partial charge in [0.1, 0.15) is 0 Å². The maximum atomic E-state index is 12.5. The number of carboxylic acids is 1. The number of benzene rings is 2. The fourth-order valence-electron chi connectivity index (χ4n) is 2.60. The Labute approximate surface area is 163 Å². The Morgan fingerprint density at radius 2 is 1.82 bits per heavy atom. The quantitative estimate of drug-likeness (QED) is 0.467. The monoisotopic (exact) mass is 399 g/mol. The van der Waals surface area contributed by atoms with Gasteiger partial charge in [0.15, 0.2) is 0 Å². The molecule has 8 heteroatoms. The van der Waals surface area contributed by atoms with E-state index in [1.807, 2.05) is 0 Å². The molecule has 3 rings (SSSR count). The number of rotatable bonds is 8. The van der Waals surface area contributed by atoms with Gasteiger partial charge in [-0.1, -0.05) is 30.8 Å². The van der Waals surface area contributed by atoms with Crippen LogP contribution in [0.1, 0.15) is 35.7 Å². The van der Waals surface area contributed by atoms with Gasteiger partial charge >= 0.3 is 5.97 Å². The van der Waals surface area contributed by atoms with Gasteiger partial charge in [-0.25, -0.2) is 17.9 Å². The van der Waals surface area contributed by atoms with Crippen LogP contribution < -0.4 is 10.1 Å². The number of carbonyl (C=O) groups is 1. The van der Waals surface area contributed by atoms with Gasteiger partial charge in [-0.15, -0.1) is 0 Å². The summed E-state index contributed by atoms with van der Waals surface area (Å²) in [6.07, 6.45) is 3.20. The molecule has 0 aliphatic heterocycles. The van der Waals surface area contributed by atoms with Crippen LogP contribution in [0, 0.1) is 0 Å². The van der Waals surface area contributed by atoms with E-state index in [0.29, 0.717) is 16.8 Å². The summed E-state index contributed by atoms with van der Waals surface area (Å²) in [7, 11) is -3.77. The van der Waals surface area contributed by atoms with E-state index in [1.54, 1.807) is 37.4 Å². The number of sulfonamides is 1. The van der Waals surface area contributed by atoms with Crippen molar-refractivity contribution in [3.05, 3.63) is 60.2 Å². The topological polar surface area (TPSA) is 108 Å². The van der Waals surface area contributed by atoms with E-state index in [0.717, 1.165) is 18.4 Å². The molecule has 0 bridgehead atoms. The minimum absolute atomic E-state index is 0.0539. The summed E-state index contributed by atoms with van der Waals surface area (Å²) in [5, 5.41) is 13.3. The highest BCUT2D eigenvalue weighted by Gasteiger charge is 2.28. The lowest BCUT2D eigenvalue weighted by molar-refractivity contribution is 0.0696. The SMILES string of the molecule is C=C(N/N=C\C)c1ccc(-c2cc(C(=O)O)cc(S(=O)(=O)NC3CC3)c2)cc1. The Hall–Kier alpha value is -2.97. The van der Waals surface area contributed by atoms with E-state index >= 15 is 0 Å². The maximum absolute atomic E-state index is 12.5. The standard InChI is InChI=1S/C20H21N3O4S/c1-3-21-22-13(2)14-4-6-15(7-5-14)16-10-17(20(24)25)12-19(11-16)28(26,27)23-18-8-9-18/h3-7,10-12,18,22-23H,2,8-9H2,1H3,(H,24,25)/b21-3-. The van der Waals surface area contributed by atoms with Gasteiger partial charge in [-0.3, -0.25) is 5.43 Å². The van der Waals surface area contributed by atoms with Crippen LogP contribution in [0.2, 0.25) is 0 Å². The first-order valence-corrected chi connectivity index (χ1v) is 10.2. The number of carboxylic acid groups (broad SMARTS) is 1. The van der Waals surface area contributed by atoms with Crippen molar-refractivity contribution in [2.45, 2.75) is 30.7 Å². The molecule has 0 amide bonds. The molecule has 1 aliphatic carbocycles. The zero-order chi connectivity index (χ0) is 20.3. The van der Waals surface area contributed by atoms with E-state index in [1.165, 1.54) is 18.2 Å². The molecule has 0 aromatic heterocycles. The third-order valence-electron chi connectivity index (χ3n) is 4.26. The van der Waals surface area contributed by atoms with Gasteiger partial charge < -0.3 is 5.11 Å². The summed E-state index contributed by atoms with van der Waals surface area (Å²) >= 11 is 0. The number of hydrogen-bond donors (Lipinski definition) is 3. The van der Waals surface area contributed by atoms with Crippen LogP contribution in [-0.2, 0) is 10.0 Å². The fourth-order valence-corrected chi connectivity index (χ4v) is 3.98. The third kappa shape index (κ3) is 4.65. The van der Waals surface area contributed by atoms with Crippen LogP contribution in [0.25, 0.3) is 16.8 Å². The largest absolute Gasteiger partial charge is 0.478 e. The predicted octanol–water partition coefficient (Wildman–Crippen LogP) is 3.06. The Balaban J connectivity index is 1.96. The van der Waals surface area contributed by atoms with Gasteiger partial charge in [0.2, 0.25) is 10.0 Å². The number of hydrogen-bond acceptors (Lipinski definition) is 5. The summed E-state index contributed by atoms with van der Waals surface area (Å²) in [6.45, 7) is 5.67. The van der Waals surface area contributed by atoms with Crippen molar-refractivity contribution in [2.75, 3.05) is 0 Å². The van der Waals surface area contributed by atoms with Crippen molar-refractivity contribution in [3.8, 4) is 11.1 Å². The summed E-state index contributed by atoms with van der Waals surface area (Å²) in [5.41, 5.74) is 5.34. The zero-order valence-corrected chi connectivity index (χ0v) is 16.2. The van der Waals surface area contributed by atoms with E-state index in [-0.39, 0.29) is 16.5 Å². The summed E-state index contributed by atoms with van der Waals surface area (Å²) in [6, 6.07) is 11.2. The number of nitrogens with one attached hydrogen (secondary N) is 2. The highest BCUT2D eigenvalue weighted by atomic mass is 32.2. The molecule has 7 nitrogen and oxygen atoms in total. The first kappa shape index (κ1) is 19.8. The molecule has 3 N–H and O–H groups in total. The lowest BCUT2D eigenvalue weighted by Crippen LogP contribution is -2.26. The van der Waals surface area contributed by atoms with Gasteiger partial charge in [0, 0.05) is 12.3 Å². The minimum Gasteiger partial charge on any atom is -0.478 e. The second-order valence-electron chi connectivity index (χ2n) is 6.50. The molecule has 2 aromatic rings. The lowest BCUT2D eigenvalue weighted by Gasteiger charge is -2.11. The molecule has 28 heavy (non-hydrogen) atoms. The molecule has 0 heterocycles. The van der Waals surface area contributed by atoms with Crippen molar-refractivity contribution in [3.63, 3.8) is 0 Å². The van der Waals surface area contributed by atoms with Crippen molar-refractivity contribution in [1.82, 2.24) is 10.1 Å². The molecular formula is C20H21N3O4S. The Morgan fingerprint density at radius 1 is 1.14 bits per heavy atom. The molecule has 1 fully saturated rings. The first-order chi connectivity index (χ1) is 13.3. The van der Waals surface area contributed by atoms with Crippen molar-refractivity contribution >= 4 is 27.9 Å². The molecule has 0 saturated heterocycles. The van der Waals surface area contributed by atoms with Crippen molar-refractivity contribution in [1.29, 1.82) is 0 Å². The summed E-state index contributed by atoms with van der Waals surface area (Å²) in [4.78, 5) is 11.4. The molecular weight excluding hydrogens is 378 g/mol. The summed E-state index contributed by atoms with van der Waals surface area (Å²) in [5.74, 6) is -1.18. The Kier molecular flexibility index (Phi) is 5.62. The van der Waals surface area contributed by atoms with E-state index in [9.17, 15) is 18.3 Å². The average molecular weight is 399 g/mol. The van der Waals surface area contributed by atoms with E-state index < -0.39 is 16.0 Å². The van der Waals surface area contributed by atoms with Crippen molar-refractivity contribution < 1.29 is 18.3 Å². The lowest BCUT2D eigenvalue weighted by atomic mass is 10.0. The molecule has 0 radical (unpaired) electrons. The fraction of sp³-hybridized carbons (Fsp3) is 0.200. The summed E-state index contributed by atoms with van der Waals surface area (Å²) < 4.78 is 27.7. The first-order valence-electron chi connectivity index (χ1n) is 8.74. The Morgan fingerprint density at radius 3 is 2.39 bits per heavy atom. The minimum atomic E-state index is -3.77. The van der Waals surface area contributed by atoms with Gasteiger partial charge in [-0.05, 0) is 54.7 Å². The number of aromatic carboxylic acids is 1. The molecule has 1 saturated carbocycles. The second kappa shape index (κ2) is 7.95. The predicted molar refractivity (Wildman–Crippen MR) is 109 cm³/mol. The van der Waals surface area contributed by atoms with Crippen molar-refractivity contribution in [2.24, 2.45) is 5.10 Å². The highest BCUT2D eigenvalue weighted by Crippen LogP contribution is 2.28. The van der Waals surface area contributed by atoms with Gasteiger partial charge in [0.05, 0.1) is 16.2 Å². The van der Waals surface area contributed by atoms with Crippen LogP contribution in [-0.4, -0.2) is 31.8 Å². The van der Waals surface area contributed by atoms with Crippen LogP contribution in [0.4, 0.5) is 0 Å². The normalized spacial score (nSPS) is 14.2. The van der Waals surface area contributed by atoms with E-state index in [2.05, 4.69) is 21.8 Å². The maximum Gasteiger partial charge on any atom is 0.335 e. The smallest absolute Gasteiger partial charge is 0.335 e. The van der Waals surface area contributed by atoms with Crippen LogP contribution >= 0.6 is 0 Å².